The van der Waals surface area contributed by atoms with Crippen LogP contribution < -0.4 is 14.8 Å². The molecule has 166 valence electrons. The van der Waals surface area contributed by atoms with Gasteiger partial charge in [-0.25, -0.2) is 4.98 Å². The molecule has 9 heteroatoms. The van der Waals surface area contributed by atoms with Crippen molar-refractivity contribution in [3.05, 3.63) is 59.0 Å². The van der Waals surface area contributed by atoms with E-state index >= 15 is 0 Å². The van der Waals surface area contributed by atoms with E-state index in [0.29, 0.717) is 43.4 Å². The number of hydrogen-bond acceptors (Lipinski definition) is 4. The highest BCUT2D eigenvalue weighted by atomic mass is 19.4. The molecule has 2 aromatic heterocycles. The zero-order valence-electron chi connectivity index (χ0n) is 17.5. The molecule has 0 saturated carbocycles. The molecule has 0 atom stereocenters. The van der Waals surface area contributed by atoms with Gasteiger partial charge >= 0.3 is 6.18 Å². The van der Waals surface area contributed by atoms with Crippen LogP contribution >= 0.6 is 0 Å². The molecule has 1 amide bonds. The van der Waals surface area contributed by atoms with E-state index in [0.717, 1.165) is 17.8 Å². The summed E-state index contributed by atoms with van der Waals surface area (Å²) in [6, 6.07) is 7.76. The number of rotatable bonds is 8. The quantitative estimate of drug-likeness (QED) is 0.569. The van der Waals surface area contributed by atoms with Gasteiger partial charge in [-0.3, -0.25) is 9.20 Å². The van der Waals surface area contributed by atoms with Crippen LogP contribution in [0.5, 0.6) is 11.5 Å². The lowest BCUT2D eigenvalue weighted by molar-refractivity contribution is -0.137. The number of imidazole rings is 1. The number of fused-ring (bicyclic) bond motifs is 1. The predicted octanol–water partition coefficient (Wildman–Crippen LogP) is 4.43. The predicted molar refractivity (Wildman–Crippen MR) is 110 cm³/mol. The maximum Gasteiger partial charge on any atom is 0.417 e. The third kappa shape index (κ3) is 5.10. The molecule has 0 fully saturated rings. The average Bonchev–Trinajstić information content (AvgIpc) is 3.04. The normalized spacial score (nSPS) is 11.5. The maximum atomic E-state index is 13.1. The highest BCUT2D eigenvalue weighted by molar-refractivity contribution is 5.94. The van der Waals surface area contributed by atoms with Gasteiger partial charge in [-0.05, 0) is 57.0 Å². The second kappa shape index (κ2) is 9.28. The minimum atomic E-state index is -4.51. The summed E-state index contributed by atoms with van der Waals surface area (Å²) in [5.41, 5.74) is 0.813. The number of benzene rings is 1. The first-order valence-electron chi connectivity index (χ1n) is 9.97. The molecule has 0 spiro atoms. The van der Waals surface area contributed by atoms with Crippen molar-refractivity contribution in [3.8, 4) is 11.5 Å². The number of carbonyl (C=O) groups is 1. The van der Waals surface area contributed by atoms with Crippen LogP contribution in [0, 0.1) is 6.92 Å². The number of aromatic nitrogens is 2. The Labute approximate surface area is 178 Å². The Balaban J connectivity index is 1.73. The van der Waals surface area contributed by atoms with Gasteiger partial charge in [0.05, 0.1) is 24.5 Å². The third-order valence-corrected chi connectivity index (χ3v) is 4.64. The molecule has 0 unspecified atom stereocenters. The van der Waals surface area contributed by atoms with Crippen LogP contribution in [-0.2, 0) is 12.6 Å². The number of halogens is 3. The minimum absolute atomic E-state index is 0.0859. The first-order valence-corrected chi connectivity index (χ1v) is 9.97. The second-order valence-electron chi connectivity index (χ2n) is 6.84. The van der Waals surface area contributed by atoms with Gasteiger partial charge in [0.15, 0.2) is 11.5 Å². The number of amides is 1. The van der Waals surface area contributed by atoms with Gasteiger partial charge in [-0.15, -0.1) is 0 Å². The molecule has 0 saturated heterocycles. The summed E-state index contributed by atoms with van der Waals surface area (Å²) in [5.74, 6) is 0.796. The van der Waals surface area contributed by atoms with Gasteiger partial charge in [0.2, 0.25) is 0 Å². The molecule has 1 aromatic carbocycles. The highest BCUT2D eigenvalue weighted by Crippen LogP contribution is 2.30. The highest BCUT2D eigenvalue weighted by Gasteiger charge is 2.31. The van der Waals surface area contributed by atoms with Crippen molar-refractivity contribution in [3.63, 3.8) is 0 Å². The summed E-state index contributed by atoms with van der Waals surface area (Å²) in [5, 5.41) is 2.76. The summed E-state index contributed by atoms with van der Waals surface area (Å²) in [6.07, 6.45) is -3.10. The molecule has 1 N–H and O–H groups in total. The summed E-state index contributed by atoms with van der Waals surface area (Å²) >= 11 is 0. The van der Waals surface area contributed by atoms with Crippen molar-refractivity contribution >= 4 is 11.6 Å². The number of aryl methyl sites for hydroxylation is 1. The average molecular weight is 435 g/mol. The number of nitrogens with zero attached hydrogens (tertiary/aromatic N) is 2. The van der Waals surface area contributed by atoms with E-state index in [2.05, 4.69) is 10.3 Å². The van der Waals surface area contributed by atoms with E-state index in [1.54, 1.807) is 6.92 Å². The molecule has 0 aliphatic rings. The van der Waals surface area contributed by atoms with E-state index in [-0.39, 0.29) is 11.3 Å². The lowest BCUT2D eigenvalue weighted by Crippen LogP contribution is -2.27. The van der Waals surface area contributed by atoms with E-state index < -0.39 is 17.6 Å². The van der Waals surface area contributed by atoms with Crippen molar-refractivity contribution in [2.75, 3.05) is 19.8 Å². The molecule has 3 rings (SSSR count). The Morgan fingerprint density at radius 1 is 1.10 bits per heavy atom. The molecule has 3 aromatic rings. The van der Waals surface area contributed by atoms with Crippen LogP contribution in [0.15, 0.2) is 36.5 Å². The Morgan fingerprint density at radius 2 is 1.81 bits per heavy atom. The van der Waals surface area contributed by atoms with E-state index in [4.69, 9.17) is 9.47 Å². The van der Waals surface area contributed by atoms with Gasteiger partial charge in [0.1, 0.15) is 11.3 Å². The lowest BCUT2D eigenvalue weighted by Gasteiger charge is -2.13. The van der Waals surface area contributed by atoms with Crippen LogP contribution in [-0.4, -0.2) is 35.1 Å². The van der Waals surface area contributed by atoms with Crippen molar-refractivity contribution in [2.45, 2.75) is 33.4 Å². The van der Waals surface area contributed by atoms with E-state index in [1.165, 1.54) is 10.5 Å². The summed E-state index contributed by atoms with van der Waals surface area (Å²) in [6.45, 7) is 6.67. The van der Waals surface area contributed by atoms with Gasteiger partial charge in [-0.1, -0.05) is 6.07 Å². The lowest BCUT2D eigenvalue weighted by atomic mass is 10.1. The zero-order valence-corrected chi connectivity index (χ0v) is 17.5. The van der Waals surface area contributed by atoms with Crippen LogP contribution in [0.3, 0.4) is 0 Å². The zero-order chi connectivity index (χ0) is 22.6. The largest absolute Gasteiger partial charge is 0.490 e. The molecular weight excluding hydrogens is 411 g/mol. The van der Waals surface area contributed by atoms with Gasteiger partial charge in [-0.2, -0.15) is 13.2 Å². The number of nitrogens with one attached hydrogen (secondary N) is 1. The van der Waals surface area contributed by atoms with Gasteiger partial charge in [0.25, 0.3) is 5.91 Å². The van der Waals surface area contributed by atoms with E-state index in [1.807, 2.05) is 32.0 Å². The van der Waals surface area contributed by atoms with Crippen molar-refractivity contribution in [1.82, 2.24) is 14.7 Å². The van der Waals surface area contributed by atoms with Crippen LogP contribution in [0.4, 0.5) is 13.2 Å². The minimum Gasteiger partial charge on any atom is -0.490 e. The number of ether oxygens (including phenoxy) is 2. The molecule has 0 aliphatic carbocycles. The Hall–Kier alpha value is -3.23. The molecule has 0 aliphatic heterocycles. The Kier molecular flexibility index (Phi) is 6.72. The van der Waals surface area contributed by atoms with Gasteiger partial charge < -0.3 is 14.8 Å². The molecular formula is C22H24F3N3O3. The molecule has 2 heterocycles. The smallest absolute Gasteiger partial charge is 0.417 e. The SMILES string of the molecule is CCOc1ccc(CCNC(=O)c2c(C)nc3ccc(C(F)(F)F)cn23)cc1OCC. The Bertz CT molecular complexity index is 1080. The monoisotopic (exact) mass is 435 g/mol. The van der Waals surface area contributed by atoms with Crippen LogP contribution in [0.2, 0.25) is 0 Å². The number of alkyl halides is 3. The van der Waals surface area contributed by atoms with Crippen molar-refractivity contribution in [2.24, 2.45) is 0 Å². The molecule has 6 nitrogen and oxygen atoms in total. The first kappa shape index (κ1) is 22.5. The number of hydrogen-bond donors (Lipinski definition) is 1. The summed E-state index contributed by atoms with van der Waals surface area (Å²) in [7, 11) is 0. The van der Waals surface area contributed by atoms with E-state index in [9.17, 15) is 18.0 Å². The number of pyridine rings is 1. The fraction of sp³-hybridized carbons (Fsp3) is 0.364. The first-order chi connectivity index (χ1) is 14.7. The fourth-order valence-electron chi connectivity index (χ4n) is 3.26. The molecule has 0 bridgehead atoms. The third-order valence-electron chi connectivity index (χ3n) is 4.64. The number of carbonyl (C=O) groups excluding carboxylic acids is 1. The summed E-state index contributed by atoms with van der Waals surface area (Å²) in [4.78, 5) is 16.9. The summed E-state index contributed by atoms with van der Waals surface area (Å²) < 4.78 is 51.5. The van der Waals surface area contributed by atoms with Crippen molar-refractivity contribution < 1.29 is 27.4 Å². The Morgan fingerprint density at radius 3 is 2.48 bits per heavy atom. The fourth-order valence-corrected chi connectivity index (χ4v) is 3.26. The van der Waals surface area contributed by atoms with Crippen molar-refractivity contribution in [1.29, 1.82) is 0 Å². The maximum absolute atomic E-state index is 13.1. The standard InChI is InChI=1S/C22H24F3N3O3/c1-4-30-17-8-6-15(12-18(17)31-5-2)10-11-26-21(29)20-14(3)27-19-9-7-16(13-28(19)20)22(23,24)25/h6-9,12-13H,4-5,10-11H2,1-3H3,(H,26,29). The molecule has 31 heavy (non-hydrogen) atoms. The second-order valence-corrected chi connectivity index (χ2v) is 6.84. The topological polar surface area (TPSA) is 64.9 Å². The van der Waals surface area contributed by atoms with Gasteiger partial charge in [0, 0.05) is 12.7 Å². The molecule has 0 radical (unpaired) electrons. The van der Waals surface area contributed by atoms with Crippen LogP contribution in [0.1, 0.15) is 41.2 Å². The van der Waals surface area contributed by atoms with Crippen LogP contribution in [0.25, 0.3) is 5.65 Å².